The lowest BCUT2D eigenvalue weighted by atomic mass is 9.87. The minimum Gasteiger partial charge on any atom is -0.394 e. The summed E-state index contributed by atoms with van der Waals surface area (Å²) in [5.74, 6) is -0.0426. The second kappa shape index (κ2) is 8.54. The monoisotopic (exact) mass is 511 g/mol. The number of aliphatic hydroxyl groups is 1. The van der Waals surface area contributed by atoms with Crippen LogP contribution in [0.1, 0.15) is 47.6 Å². The molecule has 0 saturated heterocycles. The van der Waals surface area contributed by atoms with E-state index < -0.39 is 17.3 Å². The highest BCUT2D eigenvalue weighted by molar-refractivity contribution is 7.18. The summed E-state index contributed by atoms with van der Waals surface area (Å²) in [6.45, 7) is -0.0189. The molecule has 0 aliphatic heterocycles. The summed E-state index contributed by atoms with van der Waals surface area (Å²) >= 11 is 1.21. The number of hydrogen-bond acceptors (Lipinski definition) is 6. The Kier molecular flexibility index (Phi) is 5.55. The molecule has 186 valence electrons. The minimum absolute atomic E-state index is 0.0189. The molecule has 2 heterocycles. The van der Waals surface area contributed by atoms with Crippen molar-refractivity contribution in [2.75, 3.05) is 6.61 Å². The smallest absolute Gasteiger partial charge is 0.394 e. The lowest BCUT2D eigenvalue weighted by molar-refractivity contribution is -0.136. The van der Waals surface area contributed by atoms with Gasteiger partial charge in [-0.05, 0) is 54.7 Å². The maximum Gasteiger partial charge on any atom is 0.422 e. The largest absolute Gasteiger partial charge is 0.422 e. The Labute approximate surface area is 209 Å². The minimum atomic E-state index is -4.65. The zero-order chi connectivity index (χ0) is 25.1. The summed E-state index contributed by atoms with van der Waals surface area (Å²) in [7, 11) is 0. The van der Waals surface area contributed by atoms with Crippen molar-refractivity contribution in [1.29, 1.82) is 0 Å². The number of hydrogen-bond donors (Lipinski definition) is 2. The van der Waals surface area contributed by atoms with E-state index in [2.05, 4.69) is 22.3 Å². The van der Waals surface area contributed by atoms with E-state index >= 15 is 0 Å². The molecular formula is C27H24F3N3O2S. The third-order valence-electron chi connectivity index (χ3n) is 7.35. The van der Waals surface area contributed by atoms with Gasteiger partial charge in [-0.3, -0.25) is 0 Å². The van der Waals surface area contributed by atoms with Gasteiger partial charge in [0, 0.05) is 11.1 Å². The van der Waals surface area contributed by atoms with Crippen molar-refractivity contribution < 1.29 is 22.8 Å². The lowest BCUT2D eigenvalue weighted by Crippen LogP contribution is -2.40. The van der Waals surface area contributed by atoms with Crippen molar-refractivity contribution in [2.24, 2.45) is 5.73 Å². The highest BCUT2D eigenvalue weighted by Gasteiger charge is 2.42. The number of aryl methyl sites for hydroxylation is 2. The summed E-state index contributed by atoms with van der Waals surface area (Å²) in [5, 5.41) is 13.6. The van der Waals surface area contributed by atoms with Gasteiger partial charge in [-0.1, -0.05) is 53.7 Å². The van der Waals surface area contributed by atoms with Gasteiger partial charge in [0.1, 0.15) is 11.3 Å². The molecule has 0 spiro atoms. The van der Waals surface area contributed by atoms with Crippen LogP contribution < -0.4 is 5.73 Å². The van der Waals surface area contributed by atoms with E-state index in [-0.39, 0.29) is 23.1 Å². The van der Waals surface area contributed by atoms with Crippen LogP contribution in [0.3, 0.4) is 0 Å². The van der Waals surface area contributed by atoms with Gasteiger partial charge in [0.05, 0.1) is 17.2 Å². The van der Waals surface area contributed by atoms with E-state index in [0.29, 0.717) is 17.9 Å². The molecule has 5 nitrogen and oxygen atoms in total. The molecule has 1 saturated carbocycles. The third kappa shape index (κ3) is 3.95. The van der Waals surface area contributed by atoms with Crippen LogP contribution in [-0.2, 0) is 19.0 Å². The number of aromatic nitrogens is 2. The Bertz CT molecular complexity index is 1430. The number of aliphatic hydroxyl groups excluding tert-OH is 1. The summed E-state index contributed by atoms with van der Waals surface area (Å²) in [6.07, 6.45) is -0.775. The van der Waals surface area contributed by atoms with Crippen LogP contribution in [0.2, 0.25) is 0 Å². The molecule has 2 aromatic heterocycles. The zero-order valence-electron chi connectivity index (χ0n) is 19.3. The maximum absolute atomic E-state index is 14.2. The Morgan fingerprint density at radius 1 is 1.14 bits per heavy atom. The second-order valence-electron chi connectivity index (χ2n) is 9.77. The number of fused-ring (bicyclic) bond motifs is 3. The van der Waals surface area contributed by atoms with Crippen molar-refractivity contribution in [3.05, 3.63) is 70.9 Å². The maximum atomic E-state index is 14.2. The van der Waals surface area contributed by atoms with Gasteiger partial charge in [0.25, 0.3) is 0 Å². The number of alkyl halides is 3. The first kappa shape index (κ1) is 23.4. The van der Waals surface area contributed by atoms with Gasteiger partial charge in [0.15, 0.2) is 5.01 Å². The van der Waals surface area contributed by atoms with E-state index in [1.165, 1.54) is 16.9 Å². The molecule has 36 heavy (non-hydrogen) atoms. The van der Waals surface area contributed by atoms with Gasteiger partial charge in [0.2, 0.25) is 5.76 Å². The van der Waals surface area contributed by atoms with Crippen molar-refractivity contribution in [2.45, 2.75) is 49.7 Å². The van der Waals surface area contributed by atoms with Crippen molar-refractivity contribution in [3.8, 4) is 32.5 Å². The summed E-state index contributed by atoms with van der Waals surface area (Å²) in [5.41, 5.74) is 9.11. The summed E-state index contributed by atoms with van der Waals surface area (Å²) in [6, 6.07) is 14.5. The summed E-state index contributed by atoms with van der Waals surface area (Å²) < 4.78 is 47.8. The molecule has 9 heteroatoms. The van der Waals surface area contributed by atoms with Crippen LogP contribution in [0.5, 0.6) is 0 Å². The first-order valence-electron chi connectivity index (χ1n) is 11.9. The standard InChI is InChI=1S/C27H24F3N3O2S/c28-27(29,30)21-22(15-4-2-1-3-5-15)33-35-23(21)25-32-20-9-7-17-12-16(6-8-19(17)24(20)36-25)18-10-11-26(31,13-18)14-34/h1-6,8,12,18,34H,7,9-11,13-14,31H2/t18?,26-/m1/s1. The second-order valence-corrected chi connectivity index (χ2v) is 10.8. The molecule has 6 rings (SSSR count). The van der Waals surface area contributed by atoms with Crippen LogP contribution >= 0.6 is 11.3 Å². The molecule has 2 atom stereocenters. The fourth-order valence-electron chi connectivity index (χ4n) is 5.45. The van der Waals surface area contributed by atoms with Crippen LogP contribution in [0.15, 0.2) is 53.1 Å². The first-order chi connectivity index (χ1) is 17.3. The molecule has 2 aromatic carbocycles. The van der Waals surface area contributed by atoms with Crippen molar-refractivity contribution >= 4 is 11.3 Å². The Morgan fingerprint density at radius 3 is 2.67 bits per heavy atom. The first-order valence-corrected chi connectivity index (χ1v) is 12.7. The van der Waals surface area contributed by atoms with Crippen LogP contribution in [0.4, 0.5) is 13.2 Å². The van der Waals surface area contributed by atoms with Gasteiger partial charge in [-0.25, -0.2) is 4.98 Å². The predicted octanol–water partition coefficient (Wildman–Crippen LogP) is 6.21. The molecule has 0 amide bonds. The van der Waals surface area contributed by atoms with Crippen LogP contribution in [0.25, 0.3) is 32.5 Å². The number of nitrogens with zero attached hydrogens (tertiary/aromatic N) is 2. The molecule has 0 bridgehead atoms. The Balaban J connectivity index is 1.37. The van der Waals surface area contributed by atoms with E-state index in [1.54, 1.807) is 30.3 Å². The molecule has 3 N–H and O–H groups in total. The zero-order valence-corrected chi connectivity index (χ0v) is 20.1. The number of nitrogens with two attached hydrogens (primary N) is 1. The average Bonchev–Trinajstić information content (AvgIpc) is 3.60. The average molecular weight is 512 g/mol. The number of halogens is 3. The SMILES string of the molecule is N[C@]1(CO)CCC(c2ccc3c(c2)CCc2nc(-c4onc(-c5ccccc5)c4C(F)(F)F)sc2-3)C1. The molecular weight excluding hydrogens is 487 g/mol. The highest BCUT2D eigenvalue weighted by atomic mass is 32.1. The van der Waals surface area contributed by atoms with E-state index in [1.807, 2.05) is 6.07 Å². The van der Waals surface area contributed by atoms with Crippen LogP contribution in [-0.4, -0.2) is 27.4 Å². The van der Waals surface area contributed by atoms with Gasteiger partial charge in [-0.15, -0.1) is 11.3 Å². The number of thiazole rings is 1. The third-order valence-corrected chi connectivity index (χ3v) is 8.48. The highest BCUT2D eigenvalue weighted by Crippen LogP contribution is 2.48. The van der Waals surface area contributed by atoms with Gasteiger partial charge >= 0.3 is 6.18 Å². The predicted molar refractivity (Wildman–Crippen MR) is 131 cm³/mol. The molecule has 4 aromatic rings. The lowest BCUT2D eigenvalue weighted by Gasteiger charge is -2.22. The fraction of sp³-hybridized carbons (Fsp3) is 0.333. The van der Waals surface area contributed by atoms with E-state index in [4.69, 9.17) is 10.3 Å². The summed E-state index contributed by atoms with van der Waals surface area (Å²) in [4.78, 5) is 5.45. The van der Waals surface area contributed by atoms with Crippen molar-refractivity contribution in [3.63, 3.8) is 0 Å². The molecule has 2 aliphatic carbocycles. The quantitative estimate of drug-likeness (QED) is 0.340. The van der Waals surface area contributed by atoms with Crippen molar-refractivity contribution in [1.82, 2.24) is 10.1 Å². The number of rotatable bonds is 4. The van der Waals surface area contributed by atoms with E-state index in [9.17, 15) is 18.3 Å². The Morgan fingerprint density at radius 2 is 1.94 bits per heavy atom. The van der Waals surface area contributed by atoms with Crippen LogP contribution in [0, 0.1) is 0 Å². The number of benzene rings is 2. The molecule has 1 unspecified atom stereocenters. The molecule has 1 fully saturated rings. The fourth-order valence-corrected chi connectivity index (χ4v) is 6.61. The molecule has 0 radical (unpaired) electrons. The topological polar surface area (TPSA) is 85.2 Å². The molecule has 2 aliphatic rings. The van der Waals surface area contributed by atoms with Gasteiger partial charge in [-0.2, -0.15) is 13.2 Å². The Hall–Kier alpha value is -3.01. The normalized spacial score (nSPS) is 21.4. The van der Waals surface area contributed by atoms with Gasteiger partial charge < -0.3 is 15.4 Å². The van der Waals surface area contributed by atoms with E-state index in [0.717, 1.165) is 47.4 Å².